The highest BCUT2D eigenvalue weighted by atomic mass is 35.5. The molecule has 3 aromatic rings. The van der Waals surface area contributed by atoms with Crippen molar-refractivity contribution in [2.45, 2.75) is 26.4 Å². The van der Waals surface area contributed by atoms with Gasteiger partial charge in [-0.1, -0.05) is 30.3 Å². The maximum atomic E-state index is 14.6. The summed E-state index contributed by atoms with van der Waals surface area (Å²) in [5, 5.41) is 6.42. The molecular weight excluding hydrogens is 474 g/mol. The number of halogens is 3. The number of nitrogens with zero attached hydrogens (tertiary/aromatic N) is 1. The van der Waals surface area contributed by atoms with Gasteiger partial charge in [0, 0.05) is 74.5 Å². The van der Waals surface area contributed by atoms with Gasteiger partial charge in [-0.05, 0) is 35.4 Å². The number of hydrogen-bond donors (Lipinski definition) is 3. The molecule has 0 aliphatic heterocycles. The predicted octanol–water partition coefficient (Wildman–Crippen LogP) is 4.60. The molecule has 0 bridgehead atoms. The van der Waals surface area contributed by atoms with Gasteiger partial charge in [0.1, 0.15) is 11.6 Å². The van der Waals surface area contributed by atoms with E-state index in [1.807, 2.05) is 0 Å². The summed E-state index contributed by atoms with van der Waals surface area (Å²) in [6.45, 7) is 5.41. The van der Waals surface area contributed by atoms with Gasteiger partial charge in [-0.25, -0.2) is 8.78 Å². The normalized spacial score (nSPS) is 11.4. The molecule has 35 heavy (non-hydrogen) atoms. The largest absolute Gasteiger partial charge is 0.381 e. The zero-order chi connectivity index (χ0) is 25.7. The van der Waals surface area contributed by atoms with E-state index in [1.165, 1.54) is 19.1 Å². The first-order valence-corrected chi connectivity index (χ1v) is 11.2. The first-order valence-electron chi connectivity index (χ1n) is 10.9. The maximum Gasteiger partial charge on any atom is 0.251 e. The number of carbonyl (C=O) groups is 2. The average Bonchev–Trinajstić information content (AvgIpc) is 3.15. The number of rotatable bonds is 9. The van der Waals surface area contributed by atoms with Gasteiger partial charge in [0.25, 0.3) is 5.91 Å². The van der Waals surface area contributed by atoms with Crippen molar-refractivity contribution < 1.29 is 18.4 Å². The lowest BCUT2D eigenvalue weighted by molar-refractivity contribution is -0.119. The summed E-state index contributed by atoms with van der Waals surface area (Å²) in [6, 6.07) is 7.69. The number of hydrogen-bond acceptors (Lipinski definition) is 3. The second-order valence-corrected chi connectivity index (χ2v) is 8.78. The number of aromatic nitrogens is 1. The lowest BCUT2D eigenvalue weighted by Crippen LogP contribution is -2.25. The van der Waals surface area contributed by atoms with E-state index in [-0.39, 0.29) is 31.0 Å². The quantitative estimate of drug-likeness (QED) is 0.297. The molecule has 0 saturated carbocycles. The van der Waals surface area contributed by atoms with Crippen LogP contribution < -0.4 is 10.6 Å². The van der Waals surface area contributed by atoms with Crippen molar-refractivity contribution in [3.8, 4) is 0 Å². The van der Waals surface area contributed by atoms with Crippen LogP contribution in [-0.4, -0.2) is 35.8 Å². The standard InChI is InChI=1S/C26H27ClF2N4O2/c1-15(26(35)32-13-19-10-21-22(27)14-31-25(21)11-24(19)29)7-20(33(3)4)9-18-6-5-17(8-23(18)28)12-30-16(2)34/h5-8,10-11,14,31H,1,9,12-13H2,2-4H3,(H,30,34)(H,32,35). The minimum absolute atomic E-state index is 0.0450. The first-order chi connectivity index (χ1) is 16.5. The van der Waals surface area contributed by atoms with Gasteiger partial charge in [0.15, 0.2) is 0 Å². The highest BCUT2D eigenvalue weighted by Gasteiger charge is 2.13. The van der Waals surface area contributed by atoms with Crippen molar-refractivity contribution in [2.75, 3.05) is 14.1 Å². The molecule has 6 nitrogen and oxygen atoms in total. The minimum Gasteiger partial charge on any atom is -0.381 e. The zero-order valence-corrected chi connectivity index (χ0v) is 20.5. The molecule has 0 aliphatic rings. The fraction of sp³-hybridized carbons (Fsp3) is 0.231. The molecule has 0 fully saturated rings. The summed E-state index contributed by atoms with van der Waals surface area (Å²) in [5.74, 6) is -1.55. The van der Waals surface area contributed by atoms with E-state index in [1.54, 1.807) is 49.5 Å². The number of aromatic amines is 1. The fourth-order valence-corrected chi connectivity index (χ4v) is 3.66. The van der Waals surface area contributed by atoms with Gasteiger partial charge in [0.05, 0.1) is 5.02 Å². The van der Waals surface area contributed by atoms with Crippen LogP contribution in [-0.2, 0) is 29.1 Å². The van der Waals surface area contributed by atoms with Crippen LogP contribution in [0.3, 0.4) is 0 Å². The highest BCUT2D eigenvalue weighted by Crippen LogP contribution is 2.26. The van der Waals surface area contributed by atoms with Crippen molar-refractivity contribution >= 4 is 34.3 Å². The number of fused-ring (bicyclic) bond motifs is 1. The van der Waals surface area contributed by atoms with E-state index < -0.39 is 17.5 Å². The van der Waals surface area contributed by atoms with E-state index in [2.05, 4.69) is 22.2 Å². The van der Waals surface area contributed by atoms with Gasteiger partial charge in [-0.15, -0.1) is 0 Å². The Labute approximate surface area is 207 Å². The van der Waals surface area contributed by atoms with Crippen molar-refractivity contribution in [1.82, 2.24) is 20.5 Å². The summed E-state index contributed by atoms with van der Waals surface area (Å²) in [7, 11) is 3.57. The highest BCUT2D eigenvalue weighted by molar-refractivity contribution is 6.35. The third kappa shape index (κ3) is 6.70. The Morgan fingerprint density at radius 2 is 1.80 bits per heavy atom. The molecule has 0 aliphatic carbocycles. The molecule has 0 atom stereocenters. The fourth-order valence-electron chi connectivity index (χ4n) is 3.45. The molecule has 3 rings (SSSR count). The Morgan fingerprint density at radius 3 is 2.46 bits per heavy atom. The van der Waals surface area contributed by atoms with E-state index in [0.29, 0.717) is 38.3 Å². The zero-order valence-electron chi connectivity index (χ0n) is 19.8. The van der Waals surface area contributed by atoms with Crippen LogP contribution >= 0.6 is 11.6 Å². The SMILES string of the molecule is C=C(C=C(Cc1ccc(CNC(C)=O)cc1F)N(C)C)C(=O)NCc1cc2c(Cl)c[nH]c2cc1F. The van der Waals surface area contributed by atoms with Crippen molar-refractivity contribution in [3.63, 3.8) is 0 Å². The monoisotopic (exact) mass is 500 g/mol. The second kappa shape index (κ2) is 11.2. The number of amides is 2. The molecule has 0 radical (unpaired) electrons. The van der Waals surface area contributed by atoms with E-state index in [0.717, 1.165) is 0 Å². The molecule has 3 N–H and O–H groups in total. The van der Waals surface area contributed by atoms with Gasteiger partial charge in [-0.2, -0.15) is 0 Å². The molecule has 0 saturated heterocycles. The summed E-state index contributed by atoms with van der Waals surface area (Å²) >= 11 is 6.10. The Bertz CT molecular complexity index is 1310. The van der Waals surface area contributed by atoms with Crippen LogP contribution in [0.1, 0.15) is 23.6 Å². The van der Waals surface area contributed by atoms with Crippen molar-refractivity contribution in [3.05, 3.63) is 93.8 Å². The molecule has 0 unspecified atom stereocenters. The molecule has 1 aromatic heterocycles. The smallest absolute Gasteiger partial charge is 0.251 e. The summed E-state index contributed by atoms with van der Waals surface area (Å²) in [4.78, 5) is 28.3. The Morgan fingerprint density at radius 1 is 1.09 bits per heavy atom. The van der Waals surface area contributed by atoms with Crippen LogP contribution in [0.25, 0.3) is 10.9 Å². The van der Waals surface area contributed by atoms with Gasteiger partial charge >= 0.3 is 0 Å². The van der Waals surface area contributed by atoms with Gasteiger partial charge in [0.2, 0.25) is 5.91 Å². The molecule has 2 aromatic carbocycles. The summed E-state index contributed by atoms with van der Waals surface area (Å²) in [5.41, 5.74) is 2.75. The molecule has 0 spiro atoms. The molecule has 2 amide bonds. The first kappa shape index (κ1) is 26.0. The molecule has 9 heteroatoms. The van der Waals surface area contributed by atoms with E-state index >= 15 is 0 Å². The van der Waals surface area contributed by atoms with E-state index in [9.17, 15) is 18.4 Å². The second-order valence-electron chi connectivity index (χ2n) is 8.38. The van der Waals surface area contributed by atoms with Crippen LogP contribution in [0.15, 0.2) is 60.5 Å². The van der Waals surface area contributed by atoms with E-state index in [4.69, 9.17) is 11.6 Å². The number of likely N-dealkylation sites (N-methyl/N-ethyl adjacent to an activating group) is 1. The number of nitrogens with one attached hydrogen (secondary N) is 3. The number of H-pyrrole nitrogens is 1. The van der Waals surface area contributed by atoms with Crippen LogP contribution in [0.4, 0.5) is 8.78 Å². The number of carbonyl (C=O) groups excluding carboxylic acids is 2. The topological polar surface area (TPSA) is 77.2 Å². The van der Waals surface area contributed by atoms with Gasteiger partial charge in [-0.3, -0.25) is 9.59 Å². The minimum atomic E-state index is -0.477. The summed E-state index contributed by atoms with van der Waals surface area (Å²) in [6.07, 6.45) is 3.37. The molecule has 1 heterocycles. The lowest BCUT2D eigenvalue weighted by atomic mass is 10.0. The van der Waals surface area contributed by atoms with Crippen LogP contribution in [0.5, 0.6) is 0 Å². The molecular formula is C26H27ClF2N4O2. The van der Waals surface area contributed by atoms with Crippen molar-refractivity contribution in [1.29, 1.82) is 0 Å². The summed E-state index contributed by atoms with van der Waals surface area (Å²) < 4.78 is 29.0. The third-order valence-electron chi connectivity index (χ3n) is 5.48. The number of benzene rings is 2. The predicted molar refractivity (Wildman–Crippen MR) is 134 cm³/mol. The Kier molecular flexibility index (Phi) is 8.30. The number of allylic oxidation sites excluding steroid dienone is 1. The van der Waals surface area contributed by atoms with Gasteiger partial charge < -0.3 is 20.5 Å². The average molecular weight is 501 g/mol. The molecule has 184 valence electrons. The van der Waals surface area contributed by atoms with Crippen LogP contribution in [0.2, 0.25) is 5.02 Å². The third-order valence-corrected chi connectivity index (χ3v) is 5.79. The maximum absolute atomic E-state index is 14.6. The Balaban J connectivity index is 1.68. The van der Waals surface area contributed by atoms with Crippen molar-refractivity contribution in [2.24, 2.45) is 0 Å². The lowest BCUT2D eigenvalue weighted by Gasteiger charge is -2.19. The van der Waals surface area contributed by atoms with Crippen LogP contribution in [0, 0.1) is 11.6 Å². The Hall–Kier alpha value is -3.65.